The summed E-state index contributed by atoms with van der Waals surface area (Å²) in [5, 5.41) is 19.8. The summed E-state index contributed by atoms with van der Waals surface area (Å²) in [5.74, 6) is -1.40. The second-order valence-corrected chi connectivity index (χ2v) is 18.5. The van der Waals surface area contributed by atoms with Crippen molar-refractivity contribution in [2.24, 2.45) is 16.8 Å². The van der Waals surface area contributed by atoms with E-state index in [0.717, 1.165) is 105 Å². The van der Waals surface area contributed by atoms with Gasteiger partial charge in [0.15, 0.2) is 5.84 Å². The van der Waals surface area contributed by atoms with Crippen LogP contribution in [0.5, 0.6) is 0 Å². The molecule has 7 aliphatic heterocycles. The Bertz CT molecular complexity index is 2620. The lowest BCUT2D eigenvalue weighted by Crippen LogP contribution is -2.55. The largest absolute Gasteiger partial charge is 0.877 e. The van der Waals surface area contributed by atoms with Crippen LogP contribution in [0, 0.1) is 5.92 Å². The number of benzene rings is 3. The third-order valence-corrected chi connectivity index (χ3v) is 14.7. The zero-order valence-electron chi connectivity index (χ0n) is 36.7. The molecule has 5 fully saturated rings. The maximum Gasteiger partial charge on any atom is 0.262 e. The van der Waals surface area contributed by atoms with Crippen LogP contribution < -0.4 is 41.8 Å². The summed E-state index contributed by atoms with van der Waals surface area (Å²) < 4.78 is 0. The van der Waals surface area contributed by atoms with E-state index in [1.165, 1.54) is 11.3 Å². The van der Waals surface area contributed by atoms with E-state index in [0.29, 0.717) is 36.2 Å². The molecule has 16 nitrogen and oxygen atoms in total. The quantitative estimate of drug-likeness (QED) is 0.270. The first-order chi connectivity index (χ1) is 31.5. The van der Waals surface area contributed by atoms with E-state index in [9.17, 15) is 29.1 Å². The van der Waals surface area contributed by atoms with Gasteiger partial charge in [-0.25, -0.2) is 0 Å². The number of carbonyl (C=O) groups is 5. The molecule has 7 heterocycles. The number of imide groups is 2. The zero-order valence-corrected chi connectivity index (χ0v) is 36.7. The first-order valence-electron chi connectivity index (χ1n) is 23.0. The molecule has 3 aromatic carbocycles. The van der Waals surface area contributed by atoms with E-state index in [4.69, 9.17) is 5.73 Å². The highest BCUT2D eigenvalue weighted by atomic mass is 16.2. The molecule has 0 aromatic heterocycles. The number of nitrogens with zero attached hydrogens (tertiary/aromatic N) is 7. The van der Waals surface area contributed by atoms with Crippen LogP contribution in [0.2, 0.25) is 0 Å². The van der Waals surface area contributed by atoms with Gasteiger partial charge in [-0.3, -0.25) is 44.5 Å². The van der Waals surface area contributed by atoms with Crippen LogP contribution in [-0.4, -0.2) is 125 Å². The Kier molecular flexibility index (Phi) is 11.3. The Balaban J connectivity index is 0.710. The van der Waals surface area contributed by atoms with Crippen LogP contribution >= 0.6 is 0 Å². The number of likely N-dealkylation sites (tertiary alicyclic amines) is 2. The highest BCUT2D eigenvalue weighted by Gasteiger charge is 2.45. The summed E-state index contributed by atoms with van der Waals surface area (Å²) in [7, 11) is 1.94. The molecule has 4 N–H and O–H groups in total. The summed E-state index contributed by atoms with van der Waals surface area (Å²) in [6, 6.07) is 21.5. The van der Waals surface area contributed by atoms with E-state index in [1.807, 2.05) is 42.3 Å². The maximum atomic E-state index is 13.9. The van der Waals surface area contributed by atoms with Crippen molar-refractivity contribution in [3.8, 4) is 0 Å². The van der Waals surface area contributed by atoms with E-state index < -0.39 is 29.7 Å². The maximum absolute atomic E-state index is 13.9. The van der Waals surface area contributed by atoms with Crippen molar-refractivity contribution in [1.82, 2.24) is 30.3 Å². The van der Waals surface area contributed by atoms with Gasteiger partial charge >= 0.3 is 0 Å². The third kappa shape index (κ3) is 7.97. The molecule has 65 heavy (non-hydrogen) atoms. The van der Waals surface area contributed by atoms with E-state index in [-0.39, 0.29) is 41.8 Å². The molecule has 0 aliphatic carbocycles. The smallest absolute Gasteiger partial charge is 0.262 e. The molecule has 3 aromatic rings. The summed E-state index contributed by atoms with van der Waals surface area (Å²) in [5.41, 5.74) is 15.0. The lowest BCUT2D eigenvalue weighted by molar-refractivity contribution is -0.229. The van der Waals surface area contributed by atoms with Crippen molar-refractivity contribution in [1.29, 1.82) is 0 Å². The number of carbonyl (C=O) groups excluding carboxylic acids is 5. The number of fused-ring (bicyclic) bond motifs is 3. The highest BCUT2D eigenvalue weighted by Crippen LogP contribution is 2.38. The molecule has 5 saturated heterocycles. The highest BCUT2D eigenvalue weighted by molar-refractivity contribution is 6.23. The average Bonchev–Trinajstić information content (AvgIpc) is 3.74. The van der Waals surface area contributed by atoms with E-state index in [1.54, 1.807) is 18.2 Å². The van der Waals surface area contributed by atoms with Gasteiger partial charge in [0.05, 0.1) is 22.5 Å². The van der Waals surface area contributed by atoms with Crippen LogP contribution in [0.1, 0.15) is 77.6 Å². The molecule has 338 valence electrons. The van der Waals surface area contributed by atoms with Gasteiger partial charge in [-0.05, 0) is 105 Å². The minimum Gasteiger partial charge on any atom is -0.877 e. The van der Waals surface area contributed by atoms with Gasteiger partial charge in [0.25, 0.3) is 11.8 Å². The number of amidine groups is 1. The Morgan fingerprint density at radius 2 is 1.57 bits per heavy atom. The van der Waals surface area contributed by atoms with Crippen LogP contribution in [0.3, 0.4) is 0 Å². The van der Waals surface area contributed by atoms with Crippen molar-refractivity contribution >= 4 is 58.7 Å². The lowest BCUT2D eigenvalue weighted by atomic mass is 9.93. The second-order valence-electron chi connectivity index (χ2n) is 18.5. The first kappa shape index (κ1) is 42.3. The van der Waals surface area contributed by atoms with Crippen molar-refractivity contribution < 1.29 is 29.1 Å². The van der Waals surface area contributed by atoms with Gasteiger partial charge < -0.3 is 30.4 Å². The Morgan fingerprint density at radius 1 is 0.831 bits per heavy atom. The number of piperidine rings is 3. The number of nitrogens with two attached hydrogens (primary N) is 1. The Morgan fingerprint density at radius 3 is 2.31 bits per heavy atom. The van der Waals surface area contributed by atoms with Crippen molar-refractivity contribution in [2.45, 2.75) is 82.1 Å². The van der Waals surface area contributed by atoms with Gasteiger partial charge in [-0.1, -0.05) is 36.4 Å². The molecule has 10 rings (SSSR count). The lowest BCUT2D eigenvalue weighted by Gasteiger charge is -2.44. The second kappa shape index (κ2) is 17.4. The molecule has 5 amide bonds. The molecule has 16 heteroatoms. The van der Waals surface area contributed by atoms with Crippen molar-refractivity contribution in [3.05, 3.63) is 106 Å². The van der Waals surface area contributed by atoms with Crippen LogP contribution in [0.25, 0.3) is 12.0 Å². The fraction of sp³-hybridized carbons (Fsp3) is 0.429. The predicted molar refractivity (Wildman–Crippen MR) is 243 cm³/mol. The van der Waals surface area contributed by atoms with Crippen LogP contribution in [-0.2, 0) is 20.9 Å². The van der Waals surface area contributed by atoms with Gasteiger partial charge in [0.1, 0.15) is 6.04 Å². The number of piperazine rings is 1. The molecule has 3 atom stereocenters. The third-order valence-electron chi connectivity index (χ3n) is 14.7. The average molecular weight is 880 g/mol. The van der Waals surface area contributed by atoms with Gasteiger partial charge in [-0.2, -0.15) is 5.10 Å². The Hall–Kier alpha value is -6.68. The van der Waals surface area contributed by atoms with E-state index in [2.05, 4.69) is 59.7 Å². The summed E-state index contributed by atoms with van der Waals surface area (Å²) in [6.07, 6.45) is 8.50. The van der Waals surface area contributed by atoms with Crippen molar-refractivity contribution in [3.63, 3.8) is 0 Å². The van der Waals surface area contributed by atoms with Gasteiger partial charge in [-0.15, -0.1) is 6.26 Å². The summed E-state index contributed by atoms with van der Waals surface area (Å²) >= 11 is 0. The van der Waals surface area contributed by atoms with Gasteiger partial charge in [0, 0.05) is 86.8 Å². The normalized spacial score (nSPS) is 25.4. The SMILES string of the molecule is CN(C(=O)C1CCN(Cc2cccc(N3C4CCC3CN(C3=C/C(=c5\cccc\c5=C\[O-])NN=C3N)C4)c2)CC1)C1CCN(c2ccc3c(c2)C(=O)N(C2CCC(=O)NC2=O)C3=O)CC1. The molecule has 0 saturated carbocycles. The molecule has 0 spiro atoms. The number of rotatable bonds is 8. The number of nitrogens with one attached hydrogen (secondary N) is 2. The van der Waals surface area contributed by atoms with Crippen LogP contribution in [0.15, 0.2) is 83.6 Å². The van der Waals surface area contributed by atoms with Crippen molar-refractivity contribution in [2.75, 3.05) is 56.1 Å². The van der Waals surface area contributed by atoms with Gasteiger partial charge in [0.2, 0.25) is 17.7 Å². The standard InChI is InChI=1S/C49H56N10O6/c1-54(33-17-21-56(22-18-33)34-11-12-39-40(24-34)49(65)59(48(39)64)42-13-14-44(61)51-46(42)62)47(63)31-15-19-55(20-16-31)26-30-5-4-7-35(23-30)58-36-9-10-37(58)28-57(27-36)43-25-41(52-53-45(43)50)38-8-3-2-6-32(38)29-60/h2-8,11-12,23-25,29,31,33,36-37,42,52,60H,9-10,13-22,26-28H2,1H3,(H2,50,53)(H,51,61,62)/p-1/b32-29-,41-38-. The molecule has 2 bridgehead atoms. The summed E-state index contributed by atoms with van der Waals surface area (Å²) in [6.45, 7) is 5.62. The summed E-state index contributed by atoms with van der Waals surface area (Å²) in [4.78, 5) is 77.2. The number of hydrogen-bond acceptors (Lipinski definition) is 13. The monoisotopic (exact) mass is 879 g/mol. The first-order valence-corrected chi connectivity index (χ1v) is 23.0. The molecular formula is C49H55N10O6-. The number of hydrogen-bond donors (Lipinski definition) is 3. The molecular weight excluding hydrogens is 825 g/mol. The zero-order chi connectivity index (χ0) is 44.9. The minimum atomic E-state index is -0.997. The molecule has 3 unspecified atom stereocenters. The molecule has 7 aliphatic rings. The number of anilines is 2. The number of amides is 5. The van der Waals surface area contributed by atoms with Crippen LogP contribution in [0.4, 0.5) is 11.4 Å². The number of hydrazone groups is 1. The fourth-order valence-corrected chi connectivity index (χ4v) is 11.2. The fourth-order valence-electron chi connectivity index (χ4n) is 11.2. The topological polar surface area (TPSA) is 190 Å². The molecule has 0 radical (unpaired) electrons. The Labute approximate surface area is 377 Å². The predicted octanol–water partition coefficient (Wildman–Crippen LogP) is 0.746. The van der Waals surface area contributed by atoms with E-state index >= 15 is 0 Å². The minimum absolute atomic E-state index is 0.0114.